The third kappa shape index (κ3) is 4.63. The van der Waals surface area contributed by atoms with Crippen molar-refractivity contribution in [1.82, 2.24) is 4.90 Å². The number of carbonyl (C=O) groups is 1. The molecule has 3 aromatic carbocycles. The highest BCUT2D eigenvalue weighted by Crippen LogP contribution is 2.26. The molecule has 0 bridgehead atoms. The van der Waals surface area contributed by atoms with Crippen LogP contribution in [0, 0.1) is 5.82 Å². The van der Waals surface area contributed by atoms with Gasteiger partial charge in [-0.1, -0.05) is 48.5 Å². The van der Waals surface area contributed by atoms with Gasteiger partial charge in [-0.25, -0.2) is 4.39 Å². The molecule has 1 aliphatic heterocycles. The number of hydrogen-bond acceptors (Lipinski definition) is 3. The predicted molar refractivity (Wildman–Crippen MR) is 114 cm³/mol. The van der Waals surface area contributed by atoms with Gasteiger partial charge in [-0.15, -0.1) is 0 Å². The Morgan fingerprint density at radius 1 is 0.793 bits per heavy atom. The van der Waals surface area contributed by atoms with Gasteiger partial charge in [-0.2, -0.15) is 0 Å². The van der Waals surface area contributed by atoms with Gasteiger partial charge in [0, 0.05) is 37.6 Å². The van der Waals surface area contributed by atoms with Gasteiger partial charge < -0.3 is 10.2 Å². The van der Waals surface area contributed by atoms with E-state index in [9.17, 15) is 9.18 Å². The first-order chi connectivity index (χ1) is 14.2. The molecule has 3 aromatic rings. The summed E-state index contributed by atoms with van der Waals surface area (Å²) >= 11 is 0. The molecule has 1 aliphatic rings. The van der Waals surface area contributed by atoms with Crippen LogP contribution in [0.15, 0.2) is 84.9 Å². The Kier molecular flexibility index (Phi) is 5.86. The number of para-hydroxylation sites is 1. The van der Waals surface area contributed by atoms with Crippen molar-refractivity contribution in [3.05, 3.63) is 96.3 Å². The van der Waals surface area contributed by atoms with Crippen LogP contribution in [0.4, 0.5) is 15.8 Å². The Bertz CT molecular complexity index is 923. The summed E-state index contributed by atoms with van der Waals surface area (Å²) in [7, 11) is 0. The number of rotatable bonds is 5. The minimum atomic E-state index is -0.390. The molecule has 1 amide bonds. The van der Waals surface area contributed by atoms with Gasteiger partial charge in [0.2, 0.25) is 5.91 Å². The van der Waals surface area contributed by atoms with E-state index in [1.54, 1.807) is 12.1 Å². The molecular formula is C24H24FN3O. The molecule has 1 N–H and O–H groups in total. The van der Waals surface area contributed by atoms with Crippen molar-refractivity contribution < 1.29 is 9.18 Å². The summed E-state index contributed by atoms with van der Waals surface area (Å²) < 4.78 is 13.2. The molecule has 0 unspecified atom stereocenters. The fourth-order valence-electron chi connectivity index (χ4n) is 3.78. The topological polar surface area (TPSA) is 35.6 Å². The molecule has 4 rings (SSSR count). The van der Waals surface area contributed by atoms with E-state index in [1.807, 2.05) is 48.5 Å². The number of carbonyl (C=O) groups excluding carboxylic acids is 1. The Hall–Kier alpha value is -3.18. The predicted octanol–water partition coefficient (Wildman–Crippen LogP) is 4.33. The molecule has 1 atom stereocenters. The fourth-order valence-corrected chi connectivity index (χ4v) is 3.78. The number of nitrogens with zero attached hydrogens (tertiary/aromatic N) is 2. The zero-order valence-corrected chi connectivity index (χ0v) is 16.2. The highest BCUT2D eigenvalue weighted by atomic mass is 19.1. The van der Waals surface area contributed by atoms with Crippen molar-refractivity contribution in [1.29, 1.82) is 0 Å². The zero-order valence-electron chi connectivity index (χ0n) is 16.2. The normalized spacial score (nSPS) is 15.7. The highest BCUT2D eigenvalue weighted by Gasteiger charge is 2.30. The van der Waals surface area contributed by atoms with Crippen LogP contribution >= 0.6 is 0 Å². The minimum Gasteiger partial charge on any atom is -0.369 e. The largest absolute Gasteiger partial charge is 0.369 e. The van der Waals surface area contributed by atoms with Gasteiger partial charge in [-0.05, 0) is 42.0 Å². The number of anilines is 2. The second-order valence-corrected chi connectivity index (χ2v) is 7.17. The molecule has 4 nitrogen and oxygen atoms in total. The standard InChI is InChI=1S/C24H24FN3O/c25-20-11-13-21(14-12-20)26-24(29)23(19-7-3-1-4-8-19)28-17-15-27(16-18-28)22-9-5-2-6-10-22/h1-14,23H,15-18H2,(H,26,29)/t23-/m0/s1. The SMILES string of the molecule is O=C(Nc1ccc(F)cc1)[C@H](c1ccccc1)N1CCN(c2ccccc2)CC1. The highest BCUT2D eigenvalue weighted by molar-refractivity contribution is 5.95. The van der Waals surface area contributed by atoms with E-state index in [4.69, 9.17) is 0 Å². The number of halogens is 1. The maximum absolute atomic E-state index is 13.2. The van der Waals surface area contributed by atoms with Gasteiger partial charge in [0.25, 0.3) is 0 Å². The molecule has 1 heterocycles. The second-order valence-electron chi connectivity index (χ2n) is 7.17. The monoisotopic (exact) mass is 389 g/mol. The molecule has 5 heteroatoms. The van der Waals surface area contributed by atoms with E-state index in [2.05, 4.69) is 27.2 Å². The van der Waals surface area contributed by atoms with E-state index in [0.717, 1.165) is 31.7 Å². The van der Waals surface area contributed by atoms with E-state index >= 15 is 0 Å². The first-order valence-electron chi connectivity index (χ1n) is 9.86. The van der Waals surface area contributed by atoms with Crippen LogP contribution < -0.4 is 10.2 Å². The number of hydrogen-bond donors (Lipinski definition) is 1. The van der Waals surface area contributed by atoms with E-state index < -0.39 is 0 Å². The lowest BCUT2D eigenvalue weighted by Gasteiger charge is -2.39. The summed E-state index contributed by atoms with van der Waals surface area (Å²) in [6.45, 7) is 3.28. The van der Waals surface area contributed by atoms with Crippen LogP contribution in [0.25, 0.3) is 0 Å². The Labute approximate surface area is 170 Å². The third-order valence-electron chi connectivity index (χ3n) is 5.28. The maximum Gasteiger partial charge on any atom is 0.246 e. The van der Waals surface area contributed by atoms with Crippen molar-refractivity contribution in [2.45, 2.75) is 6.04 Å². The molecule has 0 saturated carbocycles. The maximum atomic E-state index is 13.2. The van der Waals surface area contributed by atoms with Crippen LogP contribution in [-0.4, -0.2) is 37.0 Å². The lowest BCUT2D eigenvalue weighted by atomic mass is 10.0. The molecule has 29 heavy (non-hydrogen) atoms. The Balaban J connectivity index is 1.51. The van der Waals surface area contributed by atoms with Crippen molar-refractivity contribution in [2.24, 2.45) is 0 Å². The summed E-state index contributed by atoms with van der Waals surface area (Å²) in [6, 6.07) is 25.7. The molecule has 1 saturated heterocycles. The van der Waals surface area contributed by atoms with E-state index in [-0.39, 0.29) is 17.8 Å². The first-order valence-corrected chi connectivity index (χ1v) is 9.86. The molecule has 0 radical (unpaired) electrons. The summed E-state index contributed by atoms with van der Waals surface area (Å²) in [5.41, 5.74) is 2.76. The fraction of sp³-hybridized carbons (Fsp3) is 0.208. The summed E-state index contributed by atoms with van der Waals surface area (Å²) in [5, 5.41) is 2.95. The molecule has 0 aromatic heterocycles. The third-order valence-corrected chi connectivity index (χ3v) is 5.28. The second kappa shape index (κ2) is 8.88. The quantitative estimate of drug-likeness (QED) is 0.706. The summed E-state index contributed by atoms with van der Waals surface area (Å²) in [5.74, 6) is -0.421. The van der Waals surface area contributed by atoms with Gasteiger partial charge in [-0.3, -0.25) is 9.69 Å². The Morgan fingerprint density at radius 2 is 1.38 bits per heavy atom. The number of piperazine rings is 1. The van der Waals surface area contributed by atoms with E-state index in [1.165, 1.54) is 17.8 Å². The summed E-state index contributed by atoms with van der Waals surface area (Å²) in [6.07, 6.45) is 0. The Morgan fingerprint density at radius 3 is 2.00 bits per heavy atom. The number of nitrogens with one attached hydrogen (secondary N) is 1. The van der Waals surface area contributed by atoms with Crippen LogP contribution in [-0.2, 0) is 4.79 Å². The van der Waals surface area contributed by atoms with Gasteiger partial charge >= 0.3 is 0 Å². The van der Waals surface area contributed by atoms with Crippen LogP contribution in [0.1, 0.15) is 11.6 Å². The molecular weight excluding hydrogens is 365 g/mol. The lowest BCUT2D eigenvalue weighted by Crippen LogP contribution is -2.50. The van der Waals surface area contributed by atoms with Crippen LogP contribution in [0.2, 0.25) is 0 Å². The molecule has 0 aliphatic carbocycles. The van der Waals surface area contributed by atoms with Crippen LogP contribution in [0.3, 0.4) is 0 Å². The summed E-state index contributed by atoms with van der Waals surface area (Å²) in [4.78, 5) is 17.7. The van der Waals surface area contributed by atoms with E-state index in [0.29, 0.717) is 5.69 Å². The molecule has 0 spiro atoms. The van der Waals surface area contributed by atoms with Crippen molar-refractivity contribution in [2.75, 3.05) is 36.4 Å². The average Bonchev–Trinajstić information content (AvgIpc) is 2.77. The smallest absolute Gasteiger partial charge is 0.246 e. The number of benzene rings is 3. The minimum absolute atomic E-state index is 0.101. The van der Waals surface area contributed by atoms with Gasteiger partial charge in [0.15, 0.2) is 0 Å². The van der Waals surface area contributed by atoms with Gasteiger partial charge in [0.1, 0.15) is 11.9 Å². The number of amides is 1. The zero-order chi connectivity index (χ0) is 20.1. The first kappa shape index (κ1) is 19.2. The average molecular weight is 389 g/mol. The lowest BCUT2D eigenvalue weighted by molar-refractivity contribution is -0.121. The van der Waals surface area contributed by atoms with Crippen molar-refractivity contribution >= 4 is 17.3 Å². The molecule has 1 fully saturated rings. The molecule has 148 valence electrons. The van der Waals surface area contributed by atoms with Crippen molar-refractivity contribution in [3.8, 4) is 0 Å². The van der Waals surface area contributed by atoms with Gasteiger partial charge in [0.05, 0.1) is 0 Å². The van der Waals surface area contributed by atoms with Crippen LogP contribution in [0.5, 0.6) is 0 Å². The van der Waals surface area contributed by atoms with Crippen molar-refractivity contribution in [3.63, 3.8) is 0 Å².